The fraction of sp³-hybridized carbons (Fsp3) is 0.643. The second-order valence-electron chi connectivity index (χ2n) is 11.2. The number of nitrogens with two attached hydrogens (primary N) is 1. The topological polar surface area (TPSA) is 201 Å². The van der Waals surface area contributed by atoms with E-state index in [-0.39, 0.29) is 41.4 Å². The maximum Gasteiger partial charge on any atom is 0.312 e. The summed E-state index contributed by atoms with van der Waals surface area (Å²) in [6, 6.07) is 3.18. The number of hydrogen-bond donors (Lipinski definition) is 6. The van der Waals surface area contributed by atoms with Gasteiger partial charge in [0.25, 0.3) is 10.0 Å². The first-order chi connectivity index (χ1) is 20.2. The van der Waals surface area contributed by atoms with Gasteiger partial charge in [0.15, 0.2) is 0 Å². The minimum atomic E-state index is -4.19. The average molecular weight is 626 g/mol. The molecule has 1 saturated heterocycles. The predicted octanol–water partition coefficient (Wildman–Crippen LogP) is 0.353. The van der Waals surface area contributed by atoms with Gasteiger partial charge in [0.2, 0.25) is 17.7 Å². The van der Waals surface area contributed by atoms with Gasteiger partial charge in [0.05, 0.1) is 23.0 Å². The van der Waals surface area contributed by atoms with Crippen LogP contribution in [0.5, 0.6) is 0 Å². The molecule has 1 aromatic carbocycles. The number of amides is 5. The number of carbonyl (C=O) groups is 4. The molecule has 1 aromatic rings. The van der Waals surface area contributed by atoms with Gasteiger partial charge in [-0.1, -0.05) is 20.8 Å². The van der Waals surface area contributed by atoms with Crippen molar-refractivity contribution in [3.05, 3.63) is 24.3 Å². The lowest BCUT2D eigenvalue weighted by Crippen LogP contribution is -2.52. The van der Waals surface area contributed by atoms with Crippen molar-refractivity contribution in [1.82, 2.24) is 25.6 Å². The van der Waals surface area contributed by atoms with Gasteiger partial charge in [-0.2, -0.15) is 0 Å². The summed E-state index contributed by atoms with van der Waals surface area (Å²) < 4.78 is 33.7. The molecule has 14 nitrogen and oxygen atoms in total. The van der Waals surface area contributed by atoms with Crippen LogP contribution in [0.25, 0.3) is 0 Å². The molecule has 2 rings (SSSR count). The van der Waals surface area contributed by atoms with Gasteiger partial charge in [-0.05, 0) is 76.5 Å². The first kappa shape index (κ1) is 35.9. The molecule has 0 spiro atoms. The smallest absolute Gasteiger partial charge is 0.312 e. The highest BCUT2D eigenvalue weighted by Crippen LogP contribution is 2.25. The maximum atomic E-state index is 13.1. The lowest BCUT2D eigenvalue weighted by atomic mass is 9.95. The highest BCUT2D eigenvalue weighted by molar-refractivity contribution is 7.90. The quantitative estimate of drug-likeness (QED) is 0.140. The average Bonchev–Trinajstić information content (AvgIpc) is 3.36. The molecule has 0 bridgehead atoms. The number of primary amides is 1. The molecule has 5 atom stereocenters. The fourth-order valence-corrected chi connectivity index (χ4v) is 6.30. The van der Waals surface area contributed by atoms with Gasteiger partial charge in [0.1, 0.15) is 6.04 Å². The number of ether oxygens (including phenoxy) is 1. The van der Waals surface area contributed by atoms with Crippen LogP contribution in [0, 0.1) is 11.8 Å². The van der Waals surface area contributed by atoms with E-state index in [1.165, 1.54) is 31.4 Å². The lowest BCUT2D eigenvalue weighted by molar-refractivity contribution is -0.129. The molecule has 1 unspecified atom stereocenters. The zero-order chi connectivity index (χ0) is 32.3. The van der Waals surface area contributed by atoms with E-state index in [2.05, 4.69) is 30.9 Å². The zero-order valence-electron chi connectivity index (χ0n) is 25.8. The normalized spacial score (nSPS) is 18.3. The summed E-state index contributed by atoms with van der Waals surface area (Å²) in [5.41, 5.74) is 5.38. The van der Waals surface area contributed by atoms with Crippen LogP contribution in [-0.4, -0.2) is 95.6 Å². The molecule has 1 aliphatic rings. The van der Waals surface area contributed by atoms with E-state index in [1.807, 2.05) is 20.9 Å². The number of carbonyl (C=O) groups excluding carboxylic acids is 4. The van der Waals surface area contributed by atoms with Gasteiger partial charge >= 0.3 is 6.03 Å². The number of sulfonamides is 1. The van der Waals surface area contributed by atoms with Gasteiger partial charge in [-0.25, -0.2) is 17.9 Å². The molecule has 0 saturated carbocycles. The van der Waals surface area contributed by atoms with Crippen LogP contribution < -0.4 is 31.7 Å². The summed E-state index contributed by atoms with van der Waals surface area (Å²) in [4.78, 5) is 51.8. The van der Waals surface area contributed by atoms with Crippen molar-refractivity contribution in [2.75, 3.05) is 39.6 Å². The Morgan fingerprint density at radius 1 is 1.07 bits per heavy atom. The molecule has 0 radical (unpaired) electrons. The minimum Gasteiger partial charge on any atom is -0.379 e. The summed E-state index contributed by atoms with van der Waals surface area (Å²) in [5.74, 6) is -2.30. The number of nitrogens with zero attached hydrogens (tertiary/aromatic N) is 1. The van der Waals surface area contributed by atoms with E-state index in [9.17, 15) is 27.6 Å². The van der Waals surface area contributed by atoms with Gasteiger partial charge in [-0.15, -0.1) is 0 Å². The maximum absolute atomic E-state index is 13.1. The van der Waals surface area contributed by atoms with Crippen molar-refractivity contribution < 1.29 is 32.3 Å². The van der Waals surface area contributed by atoms with Crippen LogP contribution in [0.2, 0.25) is 0 Å². The highest BCUT2D eigenvalue weighted by atomic mass is 32.2. The minimum absolute atomic E-state index is 0.0128. The van der Waals surface area contributed by atoms with Gasteiger partial charge < -0.3 is 36.6 Å². The molecule has 5 amide bonds. The molecule has 15 heteroatoms. The first-order valence-electron chi connectivity index (χ1n) is 14.4. The Balaban J connectivity index is 2.09. The van der Waals surface area contributed by atoms with Crippen molar-refractivity contribution in [2.24, 2.45) is 17.6 Å². The highest BCUT2D eigenvalue weighted by Gasteiger charge is 2.37. The van der Waals surface area contributed by atoms with E-state index in [0.29, 0.717) is 6.42 Å². The summed E-state index contributed by atoms with van der Waals surface area (Å²) in [7, 11) is 0.924. The number of hydrogen-bond acceptors (Lipinski definition) is 9. The van der Waals surface area contributed by atoms with Crippen molar-refractivity contribution in [3.8, 4) is 0 Å². The van der Waals surface area contributed by atoms with Crippen molar-refractivity contribution >= 4 is 39.5 Å². The molecule has 0 aliphatic carbocycles. The number of nitrogens with one attached hydrogen (secondary N) is 5. The third-order valence-corrected chi connectivity index (χ3v) is 9.03. The van der Waals surface area contributed by atoms with E-state index in [1.54, 1.807) is 14.0 Å². The number of likely N-dealkylation sites (tertiary alicyclic amines) is 1. The Morgan fingerprint density at radius 2 is 1.72 bits per heavy atom. The van der Waals surface area contributed by atoms with E-state index >= 15 is 0 Å². The number of rotatable bonds is 16. The van der Waals surface area contributed by atoms with E-state index < -0.39 is 52.0 Å². The van der Waals surface area contributed by atoms with Crippen molar-refractivity contribution in [1.29, 1.82) is 0 Å². The molecule has 1 fully saturated rings. The summed E-state index contributed by atoms with van der Waals surface area (Å²) in [5, 5.41) is 10.8. The number of anilines is 1. The van der Waals surface area contributed by atoms with Crippen LogP contribution >= 0.6 is 0 Å². The number of urea groups is 1. The molecule has 7 N–H and O–H groups in total. The molecule has 0 aromatic heterocycles. The fourth-order valence-electron chi connectivity index (χ4n) is 5.24. The van der Waals surface area contributed by atoms with Crippen LogP contribution in [0.15, 0.2) is 29.2 Å². The van der Waals surface area contributed by atoms with Crippen molar-refractivity contribution in [2.45, 2.75) is 75.6 Å². The standard InChI is InChI=1S/C28H47N7O7S/c1-17(2)23(30-4)27(38)33-21(9-7-15-31-28(29)39)26(37)32-19-11-13-20(14-12-19)43(40,41)34-25(36)18(3)24(42-6)22-10-8-16-35(22)5/h11-14,17-18,21-24,30H,7-10,15-16H2,1-6H3,(H,32,37)(H,33,38)(H,34,36)(H3,29,31,39)/t18-,21+,22+,23?,24-/m1/s1. The molecular formula is C28H47N7O7S. The number of benzene rings is 1. The second kappa shape index (κ2) is 16.5. The van der Waals surface area contributed by atoms with Crippen LogP contribution in [-0.2, 0) is 29.1 Å². The SMILES string of the molecule is CNC(C(=O)N[C@@H](CCCNC(N)=O)C(=O)Nc1ccc(S(=O)(=O)NC(=O)[C@H](C)[C@@H](OC)[C@@H]2CCCN2C)cc1)C(C)C. The number of likely N-dealkylation sites (N-methyl/N-ethyl adjacent to an activating group) is 2. The summed E-state index contributed by atoms with van der Waals surface area (Å²) in [6.45, 7) is 6.48. The molecular weight excluding hydrogens is 578 g/mol. The Morgan fingerprint density at radius 3 is 2.23 bits per heavy atom. The van der Waals surface area contributed by atoms with Crippen molar-refractivity contribution in [3.63, 3.8) is 0 Å². The van der Waals surface area contributed by atoms with Gasteiger partial charge in [0, 0.05) is 25.4 Å². The molecule has 1 aliphatic heterocycles. The Bertz CT molecular complexity index is 1210. The molecule has 43 heavy (non-hydrogen) atoms. The van der Waals surface area contributed by atoms with Crippen LogP contribution in [0.3, 0.4) is 0 Å². The Kier molecular flexibility index (Phi) is 13.8. The predicted molar refractivity (Wildman–Crippen MR) is 162 cm³/mol. The third kappa shape index (κ3) is 10.4. The first-order valence-corrected chi connectivity index (χ1v) is 15.9. The number of methoxy groups -OCH3 is 1. The summed E-state index contributed by atoms with van der Waals surface area (Å²) >= 11 is 0. The summed E-state index contributed by atoms with van der Waals surface area (Å²) in [6.07, 6.45) is 1.94. The molecule has 242 valence electrons. The Labute approximate surface area is 254 Å². The third-order valence-electron chi connectivity index (χ3n) is 7.66. The largest absolute Gasteiger partial charge is 0.379 e. The second-order valence-corrected chi connectivity index (χ2v) is 12.8. The monoisotopic (exact) mass is 625 g/mol. The zero-order valence-corrected chi connectivity index (χ0v) is 26.6. The van der Waals surface area contributed by atoms with E-state index in [4.69, 9.17) is 10.5 Å². The lowest BCUT2D eigenvalue weighted by Gasteiger charge is -2.31. The van der Waals surface area contributed by atoms with Gasteiger partial charge in [-0.3, -0.25) is 14.4 Å². The molecule has 1 heterocycles. The van der Waals surface area contributed by atoms with Crippen LogP contribution in [0.1, 0.15) is 46.5 Å². The van der Waals surface area contributed by atoms with Crippen LogP contribution in [0.4, 0.5) is 10.5 Å². The van der Waals surface area contributed by atoms with E-state index in [0.717, 1.165) is 19.4 Å². The Hall–Kier alpha value is -3.27.